The molecule has 0 spiro atoms. The zero-order valence-electron chi connectivity index (χ0n) is 11.0. The average Bonchev–Trinajstić information content (AvgIpc) is 2.15. The fourth-order valence-electron chi connectivity index (χ4n) is 3.26. The monoisotopic (exact) mass is 220 g/mol. The van der Waals surface area contributed by atoms with Gasteiger partial charge in [0.05, 0.1) is 5.60 Å². The molecule has 90 valence electrons. The van der Waals surface area contributed by atoms with Crippen LogP contribution in [0.15, 0.2) is 22.8 Å². The Labute approximate surface area is 99.3 Å². The van der Waals surface area contributed by atoms with E-state index in [0.29, 0.717) is 5.92 Å². The molecule has 0 saturated heterocycles. The van der Waals surface area contributed by atoms with Crippen LogP contribution < -0.4 is 0 Å². The van der Waals surface area contributed by atoms with Gasteiger partial charge in [-0.1, -0.05) is 18.6 Å². The van der Waals surface area contributed by atoms with E-state index in [-0.39, 0.29) is 0 Å². The van der Waals surface area contributed by atoms with E-state index in [2.05, 4.69) is 19.9 Å². The van der Waals surface area contributed by atoms with E-state index in [1.165, 1.54) is 36.0 Å². The highest BCUT2D eigenvalue weighted by atomic mass is 16.3. The molecule has 2 atom stereocenters. The van der Waals surface area contributed by atoms with Crippen LogP contribution in [-0.4, -0.2) is 10.7 Å². The second kappa shape index (κ2) is 4.03. The fourth-order valence-corrected chi connectivity index (χ4v) is 3.26. The molecule has 1 nitrogen and oxygen atoms in total. The van der Waals surface area contributed by atoms with E-state index in [9.17, 15) is 5.11 Å². The summed E-state index contributed by atoms with van der Waals surface area (Å²) in [7, 11) is 0. The van der Waals surface area contributed by atoms with E-state index < -0.39 is 5.60 Å². The quantitative estimate of drug-likeness (QED) is 0.712. The van der Waals surface area contributed by atoms with Gasteiger partial charge in [-0.05, 0) is 69.4 Å². The lowest BCUT2D eigenvalue weighted by Gasteiger charge is -2.39. The number of hydrogen-bond donors (Lipinski definition) is 1. The predicted molar refractivity (Wildman–Crippen MR) is 68.2 cm³/mol. The van der Waals surface area contributed by atoms with Gasteiger partial charge >= 0.3 is 0 Å². The normalized spacial score (nSPS) is 31.2. The molecule has 1 N–H and O–H groups in total. The summed E-state index contributed by atoms with van der Waals surface area (Å²) >= 11 is 0. The van der Waals surface area contributed by atoms with Gasteiger partial charge in [-0.15, -0.1) is 0 Å². The van der Waals surface area contributed by atoms with Crippen molar-refractivity contribution in [2.24, 2.45) is 11.8 Å². The molecular formula is C15H24O. The molecule has 0 aromatic heterocycles. The van der Waals surface area contributed by atoms with Crippen molar-refractivity contribution in [2.75, 3.05) is 0 Å². The molecular weight excluding hydrogens is 196 g/mol. The van der Waals surface area contributed by atoms with Crippen molar-refractivity contribution in [3.63, 3.8) is 0 Å². The van der Waals surface area contributed by atoms with Crippen molar-refractivity contribution >= 4 is 0 Å². The summed E-state index contributed by atoms with van der Waals surface area (Å²) < 4.78 is 0. The topological polar surface area (TPSA) is 20.2 Å². The number of fused-ring (bicyclic) bond motifs is 1. The minimum Gasteiger partial charge on any atom is -0.386 e. The van der Waals surface area contributed by atoms with Crippen LogP contribution in [0, 0.1) is 11.8 Å². The zero-order chi connectivity index (χ0) is 11.9. The third kappa shape index (κ3) is 2.10. The molecule has 0 amide bonds. The SMILES string of the molecule is CC1=CC2=C(C(C)(C)O)CC[C@@H](C)[C@@H]2CC1. The third-order valence-corrected chi connectivity index (χ3v) is 4.27. The summed E-state index contributed by atoms with van der Waals surface area (Å²) in [5.74, 6) is 1.48. The maximum absolute atomic E-state index is 10.3. The van der Waals surface area contributed by atoms with Gasteiger partial charge in [-0.3, -0.25) is 0 Å². The van der Waals surface area contributed by atoms with Crippen molar-refractivity contribution in [3.8, 4) is 0 Å². The molecule has 16 heavy (non-hydrogen) atoms. The summed E-state index contributed by atoms with van der Waals surface area (Å²) in [6, 6.07) is 0. The first-order valence-electron chi connectivity index (χ1n) is 6.52. The van der Waals surface area contributed by atoms with Crippen LogP contribution >= 0.6 is 0 Å². The first kappa shape index (κ1) is 11.9. The summed E-state index contributed by atoms with van der Waals surface area (Å²) in [4.78, 5) is 0. The molecule has 0 aromatic rings. The van der Waals surface area contributed by atoms with Crippen molar-refractivity contribution < 1.29 is 5.11 Å². The Morgan fingerprint density at radius 2 is 1.94 bits per heavy atom. The maximum atomic E-state index is 10.3. The maximum Gasteiger partial charge on any atom is 0.0806 e. The van der Waals surface area contributed by atoms with Crippen LogP contribution in [0.4, 0.5) is 0 Å². The lowest BCUT2D eigenvalue weighted by Crippen LogP contribution is -2.31. The van der Waals surface area contributed by atoms with Crippen LogP contribution in [-0.2, 0) is 0 Å². The van der Waals surface area contributed by atoms with Gasteiger partial charge < -0.3 is 5.11 Å². The molecule has 2 aliphatic rings. The van der Waals surface area contributed by atoms with Crippen LogP contribution in [0.25, 0.3) is 0 Å². The minimum absolute atomic E-state index is 0.637. The summed E-state index contributed by atoms with van der Waals surface area (Å²) in [6.45, 7) is 8.44. The fraction of sp³-hybridized carbons (Fsp3) is 0.733. The minimum atomic E-state index is -0.637. The van der Waals surface area contributed by atoms with E-state index >= 15 is 0 Å². The van der Waals surface area contributed by atoms with Gasteiger partial charge in [-0.2, -0.15) is 0 Å². The van der Waals surface area contributed by atoms with Gasteiger partial charge in [-0.25, -0.2) is 0 Å². The Hall–Kier alpha value is -0.560. The van der Waals surface area contributed by atoms with Gasteiger partial charge in [0.15, 0.2) is 0 Å². The van der Waals surface area contributed by atoms with Crippen LogP contribution in [0.1, 0.15) is 53.4 Å². The zero-order valence-corrected chi connectivity index (χ0v) is 11.0. The summed E-state index contributed by atoms with van der Waals surface area (Å²) in [5, 5.41) is 10.3. The Morgan fingerprint density at radius 1 is 1.25 bits per heavy atom. The van der Waals surface area contributed by atoms with E-state index in [0.717, 1.165) is 12.3 Å². The van der Waals surface area contributed by atoms with E-state index in [1.807, 2.05) is 13.8 Å². The number of rotatable bonds is 1. The van der Waals surface area contributed by atoms with E-state index in [1.54, 1.807) is 0 Å². The van der Waals surface area contributed by atoms with Crippen molar-refractivity contribution in [3.05, 3.63) is 22.8 Å². The highest BCUT2D eigenvalue weighted by Gasteiger charge is 2.34. The van der Waals surface area contributed by atoms with Crippen LogP contribution in [0.2, 0.25) is 0 Å². The van der Waals surface area contributed by atoms with Gasteiger partial charge in [0.25, 0.3) is 0 Å². The first-order chi connectivity index (χ1) is 7.39. The number of hydrogen-bond acceptors (Lipinski definition) is 1. The summed E-state index contributed by atoms with van der Waals surface area (Å²) in [5.41, 5.74) is 3.58. The Morgan fingerprint density at radius 3 is 2.56 bits per heavy atom. The Bertz CT molecular complexity index is 341. The summed E-state index contributed by atoms with van der Waals surface area (Å²) in [6.07, 6.45) is 7.16. The highest BCUT2D eigenvalue weighted by molar-refractivity contribution is 5.39. The molecule has 0 fully saturated rings. The van der Waals surface area contributed by atoms with Gasteiger partial charge in [0, 0.05) is 0 Å². The molecule has 2 rings (SSSR count). The van der Waals surface area contributed by atoms with Crippen molar-refractivity contribution in [2.45, 2.75) is 59.0 Å². The number of allylic oxidation sites excluding steroid dienone is 3. The van der Waals surface area contributed by atoms with Crippen molar-refractivity contribution in [1.29, 1.82) is 0 Å². The molecule has 0 unspecified atom stereocenters. The highest BCUT2D eigenvalue weighted by Crippen LogP contribution is 2.44. The van der Waals surface area contributed by atoms with Gasteiger partial charge in [0.1, 0.15) is 0 Å². The van der Waals surface area contributed by atoms with Crippen LogP contribution in [0.3, 0.4) is 0 Å². The molecule has 0 radical (unpaired) electrons. The lowest BCUT2D eigenvalue weighted by atomic mass is 9.68. The standard InChI is InChI=1S/C15H24O/c1-10-5-7-12-11(2)6-8-14(13(12)9-10)15(3,4)16/h9,11-12,16H,5-8H2,1-4H3/t11-,12+/m1/s1. The molecule has 2 aliphatic carbocycles. The lowest BCUT2D eigenvalue weighted by molar-refractivity contribution is 0.107. The average molecular weight is 220 g/mol. The van der Waals surface area contributed by atoms with E-state index in [4.69, 9.17) is 0 Å². The molecule has 0 bridgehead atoms. The molecule has 1 heteroatoms. The number of aliphatic hydroxyl groups is 1. The van der Waals surface area contributed by atoms with Crippen LogP contribution in [0.5, 0.6) is 0 Å². The largest absolute Gasteiger partial charge is 0.386 e. The Balaban J connectivity index is 2.47. The van der Waals surface area contributed by atoms with Gasteiger partial charge in [0.2, 0.25) is 0 Å². The Kier molecular flexibility index (Phi) is 3.00. The molecule has 0 saturated carbocycles. The molecule has 0 heterocycles. The second-order valence-corrected chi connectivity index (χ2v) is 6.14. The smallest absolute Gasteiger partial charge is 0.0806 e. The first-order valence-corrected chi connectivity index (χ1v) is 6.52. The third-order valence-electron chi connectivity index (χ3n) is 4.27. The molecule has 0 aliphatic heterocycles. The second-order valence-electron chi connectivity index (χ2n) is 6.14. The molecule has 0 aromatic carbocycles. The van der Waals surface area contributed by atoms with Crippen molar-refractivity contribution in [1.82, 2.24) is 0 Å². The predicted octanol–water partition coefficient (Wildman–Crippen LogP) is 3.84.